The van der Waals surface area contributed by atoms with Crippen LogP contribution in [0.2, 0.25) is 0 Å². The molecular weight excluding hydrogens is 225 g/mol. The number of rotatable bonds is 1. The highest BCUT2D eigenvalue weighted by molar-refractivity contribution is 5.75. The quantitative estimate of drug-likeness (QED) is 0.630. The van der Waals surface area contributed by atoms with Gasteiger partial charge in [0.15, 0.2) is 0 Å². The first-order chi connectivity index (χ1) is 7.13. The van der Waals surface area contributed by atoms with Gasteiger partial charge in [-0.2, -0.15) is 13.2 Å². The van der Waals surface area contributed by atoms with Gasteiger partial charge in [0.25, 0.3) is 0 Å². The molecule has 0 bridgehead atoms. The lowest BCUT2D eigenvalue weighted by Crippen LogP contribution is -2.40. The Morgan fingerprint density at radius 1 is 1.56 bits per heavy atom. The normalized spacial score (nSPS) is 23.5. The number of carbonyl (C=O) groups is 1. The van der Waals surface area contributed by atoms with Crippen molar-refractivity contribution >= 4 is 11.8 Å². The zero-order valence-corrected chi connectivity index (χ0v) is 9.21. The SMILES string of the molecule is CC[N+]1(C)C=CN=C1C.O=C([O-])C(F)(F)F. The fourth-order valence-electron chi connectivity index (χ4n) is 0.862. The molecule has 1 aliphatic rings. The van der Waals surface area contributed by atoms with Crippen molar-refractivity contribution in [2.75, 3.05) is 13.6 Å². The molecule has 16 heavy (non-hydrogen) atoms. The maximum Gasteiger partial charge on any atom is 0.430 e. The summed E-state index contributed by atoms with van der Waals surface area (Å²) in [5, 5.41) is 8.78. The minimum absolute atomic E-state index is 0.875. The van der Waals surface area contributed by atoms with Crippen LogP contribution in [-0.2, 0) is 4.79 Å². The number of carbonyl (C=O) groups excluding carboxylic acids is 1. The zero-order valence-electron chi connectivity index (χ0n) is 9.21. The minimum Gasteiger partial charge on any atom is -0.542 e. The van der Waals surface area contributed by atoms with Crippen LogP contribution in [0.15, 0.2) is 17.4 Å². The molecule has 0 aromatic carbocycles. The first kappa shape index (κ1) is 14.6. The van der Waals surface area contributed by atoms with Crippen molar-refractivity contribution < 1.29 is 27.6 Å². The van der Waals surface area contributed by atoms with Gasteiger partial charge >= 0.3 is 6.18 Å². The van der Waals surface area contributed by atoms with E-state index >= 15 is 0 Å². The first-order valence-corrected chi connectivity index (χ1v) is 4.49. The van der Waals surface area contributed by atoms with Crippen molar-refractivity contribution in [3.05, 3.63) is 12.4 Å². The van der Waals surface area contributed by atoms with Gasteiger partial charge in [-0.15, -0.1) is 0 Å². The summed E-state index contributed by atoms with van der Waals surface area (Å²) in [5.74, 6) is -1.83. The highest BCUT2D eigenvalue weighted by Gasteiger charge is 2.28. The van der Waals surface area contributed by atoms with Crippen molar-refractivity contribution in [3.8, 4) is 0 Å². The molecule has 1 atom stereocenters. The van der Waals surface area contributed by atoms with Gasteiger partial charge in [-0.1, -0.05) is 0 Å². The number of quaternary nitrogens is 1. The van der Waals surface area contributed by atoms with E-state index < -0.39 is 12.1 Å². The van der Waals surface area contributed by atoms with Crippen molar-refractivity contribution in [1.29, 1.82) is 0 Å². The highest BCUT2D eigenvalue weighted by atomic mass is 19.4. The summed E-state index contributed by atoms with van der Waals surface area (Å²) in [7, 11) is 2.16. The average molecular weight is 238 g/mol. The molecule has 1 heterocycles. The molecule has 0 spiro atoms. The number of alkyl halides is 3. The van der Waals surface area contributed by atoms with Gasteiger partial charge in [-0.3, -0.25) is 4.48 Å². The molecule has 0 N–H and O–H groups in total. The van der Waals surface area contributed by atoms with Crippen molar-refractivity contribution in [2.45, 2.75) is 20.0 Å². The summed E-state index contributed by atoms with van der Waals surface area (Å²) >= 11 is 0. The largest absolute Gasteiger partial charge is 0.542 e. The standard InChI is InChI=1S/C7H13N2.C2HF3O2/c1-4-9(3)6-5-8-7(9)2;3-2(4,5)1(6)7/h5-6H,4H2,1-3H3;(H,6,7)/q+1;/p-1. The summed E-state index contributed by atoms with van der Waals surface area (Å²) < 4.78 is 32.4. The Morgan fingerprint density at radius 3 is 2.12 bits per heavy atom. The van der Waals surface area contributed by atoms with Gasteiger partial charge in [-0.05, 0) is 6.92 Å². The second-order valence-corrected chi connectivity index (χ2v) is 3.34. The smallest absolute Gasteiger partial charge is 0.430 e. The topological polar surface area (TPSA) is 52.5 Å². The van der Waals surface area contributed by atoms with Gasteiger partial charge in [0.1, 0.15) is 12.2 Å². The van der Waals surface area contributed by atoms with E-state index in [-0.39, 0.29) is 0 Å². The molecule has 4 nitrogen and oxygen atoms in total. The Labute approximate surface area is 91.3 Å². The second-order valence-electron chi connectivity index (χ2n) is 3.34. The molecule has 92 valence electrons. The summed E-state index contributed by atoms with van der Waals surface area (Å²) in [5.41, 5.74) is 0. The molecule has 1 rings (SSSR count). The molecular formula is C9H13F3N2O2. The predicted octanol–water partition coefficient (Wildman–Crippen LogP) is 0.655. The molecule has 0 aliphatic carbocycles. The van der Waals surface area contributed by atoms with E-state index in [4.69, 9.17) is 9.90 Å². The van der Waals surface area contributed by atoms with E-state index in [1.54, 1.807) is 0 Å². The number of nitrogens with zero attached hydrogens (tertiary/aromatic N) is 2. The van der Waals surface area contributed by atoms with E-state index in [0.29, 0.717) is 0 Å². The third kappa shape index (κ3) is 4.01. The van der Waals surface area contributed by atoms with E-state index in [9.17, 15) is 13.2 Å². The lowest BCUT2D eigenvalue weighted by molar-refractivity contribution is -0.761. The van der Waals surface area contributed by atoms with Gasteiger partial charge in [0, 0.05) is 6.92 Å². The minimum atomic E-state index is -5.19. The summed E-state index contributed by atoms with van der Waals surface area (Å²) in [4.78, 5) is 13.0. The first-order valence-electron chi connectivity index (χ1n) is 4.49. The van der Waals surface area contributed by atoms with Crippen LogP contribution in [-0.4, -0.2) is 36.1 Å². The zero-order chi connectivity index (χ0) is 13.0. The Bertz CT molecular complexity index is 323. The van der Waals surface area contributed by atoms with Gasteiger partial charge in [0.05, 0.1) is 19.8 Å². The number of carboxylic acid groups (broad SMARTS) is 1. The molecule has 0 saturated heterocycles. The second kappa shape index (κ2) is 5.11. The molecule has 0 amide bonds. The Morgan fingerprint density at radius 2 is 2.00 bits per heavy atom. The number of aliphatic imine (C=N–C) groups is 1. The molecule has 0 aromatic rings. The molecule has 0 saturated carbocycles. The summed E-state index contributed by atoms with van der Waals surface area (Å²) in [6.45, 7) is 5.31. The van der Waals surface area contributed by atoms with Crippen LogP contribution in [0.25, 0.3) is 0 Å². The van der Waals surface area contributed by atoms with Gasteiger partial charge < -0.3 is 9.90 Å². The molecule has 7 heteroatoms. The number of carboxylic acids is 1. The van der Waals surface area contributed by atoms with E-state index in [0.717, 1.165) is 11.0 Å². The van der Waals surface area contributed by atoms with Crippen molar-refractivity contribution in [1.82, 2.24) is 0 Å². The molecule has 1 aliphatic heterocycles. The number of halogens is 3. The third-order valence-electron chi connectivity index (χ3n) is 2.28. The van der Waals surface area contributed by atoms with Crippen molar-refractivity contribution in [2.24, 2.45) is 4.99 Å². The maximum absolute atomic E-state index is 10.5. The molecule has 1 unspecified atom stereocenters. The monoisotopic (exact) mass is 238 g/mol. The van der Waals surface area contributed by atoms with Crippen LogP contribution in [0.1, 0.15) is 13.8 Å². The average Bonchev–Trinajstić information content (AvgIpc) is 2.47. The lowest BCUT2D eigenvalue weighted by atomic mass is 10.4. The summed E-state index contributed by atoms with van der Waals surface area (Å²) in [6.07, 6.45) is -1.21. The van der Waals surface area contributed by atoms with Gasteiger partial charge in [0.2, 0.25) is 5.84 Å². The van der Waals surface area contributed by atoms with E-state index in [2.05, 4.69) is 32.1 Å². The number of hydrogen-bond donors (Lipinski definition) is 0. The Balaban J connectivity index is 0.000000293. The molecule has 0 radical (unpaired) electrons. The Kier molecular flexibility index (Phi) is 4.67. The van der Waals surface area contributed by atoms with Crippen LogP contribution in [0.4, 0.5) is 13.2 Å². The van der Waals surface area contributed by atoms with E-state index in [1.807, 2.05) is 6.20 Å². The molecule has 0 fully saturated rings. The fraction of sp³-hybridized carbons (Fsp3) is 0.556. The Hall–Kier alpha value is -1.37. The van der Waals surface area contributed by atoms with Crippen LogP contribution in [0.5, 0.6) is 0 Å². The number of amidine groups is 1. The van der Waals surface area contributed by atoms with Crippen LogP contribution >= 0.6 is 0 Å². The number of aliphatic carboxylic acids is 1. The highest BCUT2D eigenvalue weighted by Crippen LogP contribution is 2.12. The lowest BCUT2D eigenvalue weighted by Gasteiger charge is -2.23. The van der Waals surface area contributed by atoms with Crippen LogP contribution in [0, 0.1) is 0 Å². The van der Waals surface area contributed by atoms with Gasteiger partial charge in [-0.25, -0.2) is 4.99 Å². The number of hydrogen-bond acceptors (Lipinski definition) is 3. The molecule has 0 aromatic heterocycles. The predicted molar refractivity (Wildman–Crippen MR) is 50.0 cm³/mol. The van der Waals surface area contributed by atoms with E-state index in [1.165, 1.54) is 5.84 Å². The van der Waals surface area contributed by atoms with Crippen molar-refractivity contribution in [3.63, 3.8) is 0 Å². The third-order valence-corrected chi connectivity index (χ3v) is 2.28. The van der Waals surface area contributed by atoms with Crippen LogP contribution < -0.4 is 5.11 Å². The summed E-state index contributed by atoms with van der Waals surface area (Å²) in [6, 6.07) is 0. The fourth-order valence-corrected chi connectivity index (χ4v) is 0.862. The maximum atomic E-state index is 10.5. The van der Waals surface area contributed by atoms with Crippen LogP contribution in [0.3, 0.4) is 0 Å².